The predicted octanol–water partition coefficient (Wildman–Crippen LogP) is 5.59. The molecule has 3 aromatic rings. The molecule has 0 aliphatic heterocycles. The number of carbonyl (C=O) groups is 1. The number of rotatable bonds is 11. The third-order valence-corrected chi connectivity index (χ3v) is 8.39. The van der Waals surface area contributed by atoms with Crippen LogP contribution in [0.25, 0.3) is 0 Å². The molecule has 0 spiro atoms. The lowest BCUT2D eigenvalue weighted by molar-refractivity contribution is -0.137. The van der Waals surface area contributed by atoms with Crippen LogP contribution in [0.1, 0.15) is 48.5 Å². The Morgan fingerprint density at radius 2 is 1.67 bits per heavy atom. The Balaban J connectivity index is 1.58. The van der Waals surface area contributed by atoms with Gasteiger partial charge in [0.2, 0.25) is 0 Å². The monoisotopic (exact) mass is 510 g/mol. The van der Waals surface area contributed by atoms with Crippen LogP contribution in [-0.4, -0.2) is 32.7 Å². The Hall–Kier alpha value is -3.52. The van der Waals surface area contributed by atoms with Gasteiger partial charge in [0.25, 0.3) is 0 Å². The first-order valence-electron chi connectivity index (χ1n) is 11.9. The molecule has 0 amide bonds. The van der Waals surface area contributed by atoms with Crippen molar-refractivity contribution >= 4 is 15.8 Å². The SMILES string of the molecule is COc1ccc(S(=O)(=O)C(CC(=O)O)c2ccc(OCc3ccccc3)cc2)cc1OC1CCCC1. The number of carboxylic acid groups (broad SMARTS) is 1. The molecule has 0 saturated heterocycles. The van der Waals surface area contributed by atoms with E-state index in [9.17, 15) is 18.3 Å². The first kappa shape index (κ1) is 25.6. The summed E-state index contributed by atoms with van der Waals surface area (Å²) in [5.41, 5.74) is 1.38. The molecule has 7 nitrogen and oxygen atoms in total. The third kappa shape index (κ3) is 6.18. The first-order valence-corrected chi connectivity index (χ1v) is 13.5. The van der Waals surface area contributed by atoms with E-state index in [2.05, 4.69) is 0 Å². The lowest BCUT2D eigenvalue weighted by Crippen LogP contribution is -2.18. The second-order valence-corrected chi connectivity index (χ2v) is 10.9. The Morgan fingerprint density at radius 1 is 0.972 bits per heavy atom. The molecule has 190 valence electrons. The summed E-state index contributed by atoms with van der Waals surface area (Å²) < 4.78 is 44.5. The summed E-state index contributed by atoms with van der Waals surface area (Å²) in [6.45, 7) is 0.368. The normalized spacial score (nSPS) is 14.8. The van der Waals surface area contributed by atoms with Gasteiger partial charge in [-0.25, -0.2) is 8.42 Å². The maximum atomic E-state index is 13.7. The maximum Gasteiger partial charge on any atom is 0.305 e. The van der Waals surface area contributed by atoms with Gasteiger partial charge in [0.15, 0.2) is 21.3 Å². The number of methoxy groups -OCH3 is 1. The van der Waals surface area contributed by atoms with Crippen LogP contribution in [-0.2, 0) is 21.2 Å². The fourth-order valence-electron chi connectivity index (χ4n) is 4.36. The fourth-order valence-corrected chi connectivity index (χ4v) is 6.10. The highest BCUT2D eigenvalue weighted by atomic mass is 32.2. The molecule has 0 bridgehead atoms. The van der Waals surface area contributed by atoms with E-state index >= 15 is 0 Å². The van der Waals surface area contributed by atoms with Crippen molar-refractivity contribution < 1.29 is 32.5 Å². The average molecular weight is 511 g/mol. The smallest absolute Gasteiger partial charge is 0.305 e. The molecule has 8 heteroatoms. The van der Waals surface area contributed by atoms with Crippen molar-refractivity contribution in [3.05, 3.63) is 83.9 Å². The molecule has 0 radical (unpaired) electrons. The summed E-state index contributed by atoms with van der Waals surface area (Å²) in [5, 5.41) is 8.24. The minimum atomic E-state index is -4.06. The van der Waals surface area contributed by atoms with Gasteiger partial charge in [-0.05, 0) is 61.1 Å². The molecule has 1 fully saturated rings. The third-order valence-electron chi connectivity index (χ3n) is 6.29. The van der Waals surface area contributed by atoms with Gasteiger partial charge in [-0.1, -0.05) is 42.5 Å². The molecule has 0 heterocycles. The van der Waals surface area contributed by atoms with Gasteiger partial charge in [-0.2, -0.15) is 0 Å². The summed E-state index contributed by atoms with van der Waals surface area (Å²) in [5.74, 6) is 0.148. The van der Waals surface area contributed by atoms with Gasteiger partial charge in [0.1, 0.15) is 17.6 Å². The van der Waals surface area contributed by atoms with Gasteiger partial charge < -0.3 is 19.3 Å². The van der Waals surface area contributed by atoms with Gasteiger partial charge >= 0.3 is 5.97 Å². The van der Waals surface area contributed by atoms with Crippen LogP contribution in [0.5, 0.6) is 17.2 Å². The minimum absolute atomic E-state index is 0.00745. The molecule has 1 N–H and O–H groups in total. The van der Waals surface area contributed by atoms with Crippen molar-refractivity contribution in [2.75, 3.05) is 7.11 Å². The molecule has 1 aliphatic carbocycles. The van der Waals surface area contributed by atoms with Crippen LogP contribution >= 0.6 is 0 Å². The highest BCUT2D eigenvalue weighted by molar-refractivity contribution is 7.91. The Kier molecular flexibility index (Phi) is 8.15. The second kappa shape index (κ2) is 11.5. The Labute approximate surface area is 211 Å². The summed E-state index contributed by atoms with van der Waals surface area (Å²) in [7, 11) is -2.56. The average Bonchev–Trinajstić information content (AvgIpc) is 3.40. The van der Waals surface area contributed by atoms with Crippen LogP contribution in [0.4, 0.5) is 0 Å². The number of carboxylic acids is 1. The van der Waals surface area contributed by atoms with Crippen LogP contribution < -0.4 is 14.2 Å². The van der Waals surface area contributed by atoms with Crippen molar-refractivity contribution in [3.8, 4) is 17.2 Å². The minimum Gasteiger partial charge on any atom is -0.493 e. The van der Waals surface area contributed by atoms with Gasteiger partial charge in [0, 0.05) is 6.07 Å². The van der Waals surface area contributed by atoms with Crippen molar-refractivity contribution in [3.63, 3.8) is 0 Å². The highest BCUT2D eigenvalue weighted by Gasteiger charge is 2.32. The molecule has 4 rings (SSSR count). The maximum absolute atomic E-state index is 13.7. The Morgan fingerprint density at radius 3 is 2.31 bits per heavy atom. The van der Waals surface area contributed by atoms with Gasteiger partial charge in [-0.15, -0.1) is 0 Å². The van der Waals surface area contributed by atoms with E-state index in [1.165, 1.54) is 19.2 Å². The zero-order valence-corrected chi connectivity index (χ0v) is 20.9. The van der Waals surface area contributed by atoms with Crippen LogP contribution in [0.15, 0.2) is 77.7 Å². The fraction of sp³-hybridized carbons (Fsp3) is 0.321. The number of aliphatic carboxylic acids is 1. The van der Waals surface area contributed by atoms with E-state index in [1.807, 2.05) is 30.3 Å². The number of hydrogen-bond donors (Lipinski definition) is 1. The Bertz CT molecular complexity index is 1270. The van der Waals surface area contributed by atoms with E-state index in [4.69, 9.17) is 14.2 Å². The van der Waals surface area contributed by atoms with Crippen LogP contribution in [0.2, 0.25) is 0 Å². The van der Waals surface area contributed by atoms with E-state index in [0.29, 0.717) is 29.4 Å². The van der Waals surface area contributed by atoms with E-state index in [1.54, 1.807) is 30.3 Å². The molecule has 1 aliphatic rings. The summed E-state index contributed by atoms with van der Waals surface area (Å²) in [4.78, 5) is 11.6. The molecule has 0 aromatic heterocycles. The standard InChI is InChI=1S/C28H30O7S/c1-33-25-16-15-24(17-26(25)35-23-9-5-6-10-23)36(31,32)27(18-28(29)30)21-11-13-22(14-12-21)34-19-20-7-3-2-4-8-20/h2-4,7-8,11-17,23,27H,5-6,9-10,18-19H2,1H3,(H,29,30). The second-order valence-electron chi connectivity index (χ2n) is 8.81. The number of hydrogen-bond acceptors (Lipinski definition) is 6. The van der Waals surface area contributed by atoms with E-state index in [-0.39, 0.29) is 11.0 Å². The molecule has 3 aromatic carbocycles. The van der Waals surface area contributed by atoms with Gasteiger partial charge in [-0.3, -0.25) is 4.79 Å². The van der Waals surface area contributed by atoms with E-state index in [0.717, 1.165) is 31.2 Å². The molecule has 1 saturated carbocycles. The number of sulfone groups is 1. The van der Waals surface area contributed by atoms with Gasteiger partial charge in [0.05, 0.1) is 24.5 Å². The van der Waals surface area contributed by atoms with E-state index < -0.39 is 27.5 Å². The zero-order valence-electron chi connectivity index (χ0n) is 20.1. The van der Waals surface area contributed by atoms with Crippen LogP contribution in [0, 0.1) is 0 Å². The van der Waals surface area contributed by atoms with Crippen molar-refractivity contribution in [1.29, 1.82) is 0 Å². The largest absolute Gasteiger partial charge is 0.493 e. The van der Waals surface area contributed by atoms with Crippen LogP contribution in [0.3, 0.4) is 0 Å². The summed E-state index contributed by atoms with van der Waals surface area (Å²) in [6.07, 6.45) is 3.38. The topological polar surface area (TPSA) is 99.1 Å². The van der Waals surface area contributed by atoms with Crippen molar-refractivity contribution in [1.82, 2.24) is 0 Å². The number of ether oxygens (including phenoxy) is 3. The molecule has 1 atom stereocenters. The first-order chi connectivity index (χ1) is 17.4. The zero-order chi connectivity index (χ0) is 25.5. The van der Waals surface area contributed by atoms with Crippen molar-refractivity contribution in [2.45, 2.75) is 55.0 Å². The lowest BCUT2D eigenvalue weighted by Gasteiger charge is -2.20. The summed E-state index contributed by atoms with van der Waals surface area (Å²) >= 11 is 0. The van der Waals surface area contributed by atoms with Crippen molar-refractivity contribution in [2.24, 2.45) is 0 Å². The molecule has 1 unspecified atom stereocenters. The molecular weight excluding hydrogens is 480 g/mol. The lowest BCUT2D eigenvalue weighted by atomic mass is 10.1. The quantitative estimate of drug-likeness (QED) is 0.359. The summed E-state index contributed by atoms with van der Waals surface area (Å²) in [6, 6.07) is 20.6. The number of benzene rings is 3. The predicted molar refractivity (Wildman–Crippen MR) is 135 cm³/mol. The molecular formula is C28H30O7S. The molecule has 36 heavy (non-hydrogen) atoms. The highest BCUT2D eigenvalue weighted by Crippen LogP contribution is 2.38.